The van der Waals surface area contributed by atoms with Crippen molar-refractivity contribution in [3.8, 4) is 0 Å². The van der Waals surface area contributed by atoms with Crippen molar-refractivity contribution in [2.24, 2.45) is 69.6 Å². The molecule has 12 amide bonds. The number of H-pyrrole nitrogens is 2. The maximum atomic E-state index is 14.7. The van der Waals surface area contributed by atoms with Gasteiger partial charge in [-0.15, -0.1) is 0 Å². The lowest BCUT2D eigenvalue weighted by Crippen LogP contribution is -2.63. The van der Waals surface area contributed by atoms with Crippen LogP contribution in [-0.4, -0.2) is 339 Å². The van der Waals surface area contributed by atoms with Crippen LogP contribution in [0.5, 0.6) is 0 Å². The molecule has 41 nitrogen and oxygen atoms in total. The predicted molar refractivity (Wildman–Crippen MR) is 483 cm³/mol. The first-order valence-electron chi connectivity index (χ1n) is 45.8. The van der Waals surface area contributed by atoms with Crippen LogP contribution < -0.4 is 64.6 Å². The molecule has 21 N–H and O–H groups in total. The third kappa shape index (κ3) is 32.2. The smallest absolute Gasteiger partial charge is 0.317 e. The van der Waals surface area contributed by atoms with Gasteiger partial charge in [0.15, 0.2) is 0 Å². The second-order valence-corrected chi connectivity index (χ2v) is 38.2. The van der Waals surface area contributed by atoms with Crippen molar-refractivity contribution in [3.05, 3.63) is 54.2 Å². The van der Waals surface area contributed by atoms with E-state index in [0.29, 0.717) is 49.1 Å². The summed E-state index contributed by atoms with van der Waals surface area (Å²) >= 11 is 1.46. The summed E-state index contributed by atoms with van der Waals surface area (Å²) in [6.45, 7) is 15.6. The van der Waals surface area contributed by atoms with Gasteiger partial charge in [-0.25, -0.2) is 4.98 Å². The van der Waals surface area contributed by atoms with E-state index in [0.717, 1.165) is 30.2 Å². The van der Waals surface area contributed by atoms with E-state index in [1.54, 1.807) is 40.8 Å². The van der Waals surface area contributed by atoms with Crippen molar-refractivity contribution < 1.29 is 107 Å². The summed E-state index contributed by atoms with van der Waals surface area (Å²) in [5.41, 5.74) is 12.2. The van der Waals surface area contributed by atoms with Gasteiger partial charge in [0.1, 0.15) is 48.9 Å². The number of nitrogens with two attached hydrogens (primary N) is 2. The number of carbonyl (C=O) groups is 15. The van der Waals surface area contributed by atoms with Gasteiger partial charge < -0.3 is 110 Å². The normalized spacial score (nSPS) is 24.0. The van der Waals surface area contributed by atoms with Crippen LogP contribution in [0.3, 0.4) is 0 Å². The van der Waals surface area contributed by atoms with Gasteiger partial charge in [0.2, 0.25) is 70.9 Å². The Morgan fingerprint density at radius 3 is 1.77 bits per heavy atom. The molecule has 730 valence electrons. The fourth-order valence-electron chi connectivity index (χ4n) is 19.9. The number of nitrogens with one attached hydrogen (secondary N) is 12. The van der Waals surface area contributed by atoms with Crippen molar-refractivity contribution >= 4 is 111 Å². The maximum Gasteiger partial charge on any atom is 0.317 e. The Hall–Kier alpha value is -9.95. The number of thioether (sulfide) groups is 1. The molecule has 2 aromatic heterocycles. The second-order valence-electron chi connectivity index (χ2n) is 37.2. The minimum atomic E-state index is -1.41. The van der Waals surface area contributed by atoms with Gasteiger partial charge in [0.25, 0.3) is 0 Å². The average Bonchev–Trinajstić information content (AvgIpc) is 1.68. The molecule has 1 saturated heterocycles. The zero-order valence-electron chi connectivity index (χ0n) is 77.0. The molecule has 42 heteroatoms. The number of hydrogen-bond donors (Lipinski definition) is 19. The number of hydrogen-bond acceptors (Lipinski definition) is 25. The largest absolute Gasteiger partial charge is 0.480 e. The highest BCUT2D eigenvalue weighted by Crippen LogP contribution is 2.68. The van der Waals surface area contributed by atoms with Crippen molar-refractivity contribution in [2.45, 2.75) is 212 Å². The van der Waals surface area contributed by atoms with E-state index in [2.05, 4.69) is 82.0 Å². The Labute approximate surface area is 768 Å². The van der Waals surface area contributed by atoms with Crippen molar-refractivity contribution in [2.75, 3.05) is 130 Å². The van der Waals surface area contributed by atoms with Crippen LogP contribution in [0.4, 0.5) is 0 Å². The lowest BCUT2D eigenvalue weighted by Gasteiger charge is -2.63. The number of para-hydroxylation sites is 1. The summed E-state index contributed by atoms with van der Waals surface area (Å²) < 4.78 is 11.4. The Morgan fingerprint density at radius 2 is 1.17 bits per heavy atom. The van der Waals surface area contributed by atoms with Crippen molar-refractivity contribution in [3.63, 3.8) is 0 Å². The number of aliphatic carboxylic acids is 3. The number of rotatable bonds is 50. The van der Waals surface area contributed by atoms with Crippen LogP contribution in [0.2, 0.25) is 0 Å². The number of aliphatic hydroxyl groups is 2. The van der Waals surface area contributed by atoms with E-state index >= 15 is 0 Å². The highest BCUT2D eigenvalue weighted by atomic mass is 32.2. The summed E-state index contributed by atoms with van der Waals surface area (Å²) in [4.78, 5) is 216. The Kier molecular flexibility index (Phi) is 41.7. The summed E-state index contributed by atoms with van der Waals surface area (Å²) in [7, 11) is 0. The molecular weight excluding hydrogens is 1720 g/mol. The number of primary amides is 2. The third-order valence-electron chi connectivity index (χ3n) is 27.0. The summed E-state index contributed by atoms with van der Waals surface area (Å²) in [5, 5.41) is 81.5. The minimum Gasteiger partial charge on any atom is -0.480 e. The van der Waals surface area contributed by atoms with E-state index < -0.39 is 149 Å². The maximum absolute atomic E-state index is 14.7. The van der Waals surface area contributed by atoms with Crippen LogP contribution >= 0.6 is 11.8 Å². The van der Waals surface area contributed by atoms with E-state index in [-0.39, 0.29) is 221 Å². The average molecular weight is 1860 g/mol. The number of imidazole rings is 1. The van der Waals surface area contributed by atoms with Gasteiger partial charge in [0.05, 0.1) is 71.1 Å². The number of carboxylic acid groups (broad SMARTS) is 3. The SMILES string of the molecule is CSCC[C@H](NC(=O)[C@H](CC(C)C)NC(=O)[C@H](Cc1cnc[nH]1)NC(=O)CNC(=O)[C@@H](NC(=O)[C@H](C)NC(=O)[C@H](Cc1c[nH]c2ccccc12)NC(=O)[C@H](CCC(N)=O)NC(=O)CCC(C)[C@H]1CCC2C3C(O)CC4C[C@@H](NC(=O)COCCOCCNC(=O)CN5CCN(CC(=O)O)CCN(CC(=O)O)CCN(CC(=O)O)CC5)CC[C@]4(C)C3C[C@H](O)[C@@]21C)C(C)C)C(N)=O. The van der Waals surface area contributed by atoms with Gasteiger partial charge in [-0.1, -0.05) is 66.7 Å². The molecule has 5 aliphatic rings. The molecule has 1 aliphatic heterocycles. The molecule has 3 heterocycles. The van der Waals surface area contributed by atoms with E-state index in [1.807, 2.05) is 50.1 Å². The number of amides is 12. The zero-order chi connectivity index (χ0) is 96.0. The number of carbonyl (C=O) groups excluding carboxylic acids is 12. The Balaban J connectivity index is 0.798. The number of aliphatic hydroxyl groups excluding tert-OH is 2. The highest BCUT2D eigenvalue weighted by Gasteiger charge is 2.66. The molecule has 0 bridgehead atoms. The first kappa shape index (κ1) is 106. The van der Waals surface area contributed by atoms with Crippen LogP contribution in [0.15, 0.2) is 43.0 Å². The standard InChI is InChI=1S/C89H141N19O22S/c1-51(2)36-66(85(126)101-64(81(91)122)21-35-131-9)102-86(127)68(40-58-43-92-50-96-58)100-73(113)44-95-87(128)80(52(3)4)104-82(123)54(6)97-84(125)67(37-55-42-94-63-13-11-10-12-59(55)63)103-83(124)65(17-18-71(90)111)99-72(112)19-14-53(5)60-15-16-61-79-62(41-70(110)89(60,61)8)88(7)22-20-57(38-56(88)39-69(79)109)98-75(115)49-130-34-33-129-32-23-93-74(114)45-105-24-26-106(46-76(116)117)28-30-108(48-78(120)121)31-29-107(27-25-105)47-77(118)119/h10-13,42-43,50-54,56-57,60-62,64-70,79-80,94,109-110H,14-41,44-49H2,1-9H3,(H2,90,111)(H2,91,122)(H,92,96)(H,93,114)(H,95,128)(H,97,125)(H,98,115)(H,99,112)(H,100,113)(H,101,126)(H,102,127)(H,103,124)(H,104,123)(H,116,117)(H,118,119)(H,120,121)/t53?,54-,56?,57-,60+,61?,62?,64-,65-,66-,67-,68-,69?,70-,79?,80-,88-,89+/m0/s1. The number of ether oxygens (including phenoxy) is 2. The number of carboxylic acids is 3. The molecule has 6 unspecified atom stereocenters. The van der Waals surface area contributed by atoms with Crippen LogP contribution in [-0.2, 0) is 94.2 Å². The zero-order valence-corrected chi connectivity index (χ0v) is 77.8. The lowest BCUT2D eigenvalue weighted by atomic mass is 9.43. The fraction of sp³-hybridized carbons (Fsp3) is 0.708. The molecule has 4 saturated carbocycles. The second kappa shape index (κ2) is 51.3. The number of fused-ring (bicyclic) bond motifs is 6. The summed E-state index contributed by atoms with van der Waals surface area (Å²) in [5.74, 6) is -11.7. The Bertz CT molecular complexity index is 4320. The first-order chi connectivity index (χ1) is 62.1. The molecule has 18 atom stereocenters. The minimum absolute atomic E-state index is 0.00419. The first-order valence-corrected chi connectivity index (χ1v) is 47.1. The van der Waals surface area contributed by atoms with Crippen LogP contribution in [0.1, 0.15) is 150 Å². The molecule has 1 aromatic carbocycles. The predicted octanol–water partition coefficient (Wildman–Crippen LogP) is -1.46. The van der Waals surface area contributed by atoms with Crippen LogP contribution in [0, 0.1) is 58.2 Å². The molecule has 131 heavy (non-hydrogen) atoms. The Morgan fingerprint density at radius 1 is 0.580 bits per heavy atom. The van der Waals surface area contributed by atoms with Crippen molar-refractivity contribution in [1.29, 1.82) is 0 Å². The summed E-state index contributed by atoms with van der Waals surface area (Å²) in [6.07, 6.45) is 9.43. The number of aromatic nitrogens is 3. The number of benzene rings is 1. The number of aromatic amines is 2. The fourth-order valence-corrected chi connectivity index (χ4v) is 20.4. The quantitative estimate of drug-likeness (QED) is 0.0287. The lowest BCUT2D eigenvalue weighted by molar-refractivity contribution is -0.202. The molecule has 4 aliphatic carbocycles. The van der Waals surface area contributed by atoms with Gasteiger partial charge >= 0.3 is 17.9 Å². The van der Waals surface area contributed by atoms with E-state index in [4.69, 9.17) is 20.9 Å². The van der Waals surface area contributed by atoms with E-state index in [1.165, 1.54) is 31.2 Å². The van der Waals surface area contributed by atoms with Gasteiger partial charge in [-0.3, -0.25) is 91.5 Å². The van der Waals surface area contributed by atoms with Gasteiger partial charge in [-0.2, -0.15) is 11.8 Å². The molecular formula is C89H141N19O22S. The molecule has 3 aromatic rings. The monoisotopic (exact) mass is 1860 g/mol. The van der Waals surface area contributed by atoms with Gasteiger partial charge in [-0.05, 0) is 159 Å². The van der Waals surface area contributed by atoms with E-state index in [9.17, 15) is 97.5 Å². The van der Waals surface area contributed by atoms with Gasteiger partial charge in [0, 0.05) is 120 Å². The summed E-state index contributed by atoms with van der Waals surface area (Å²) in [6, 6.07) is -1.78. The third-order valence-corrected chi connectivity index (χ3v) is 27.7. The topological polar surface area (TPSA) is 605 Å². The molecule has 5 fully saturated rings. The van der Waals surface area contributed by atoms with Crippen LogP contribution in [0.25, 0.3) is 10.9 Å². The molecule has 8 rings (SSSR count). The number of nitrogens with zero attached hydrogens (tertiary/aromatic N) is 5. The molecule has 0 spiro atoms. The highest BCUT2D eigenvalue weighted by molar-refractivity contribution is 7.98. The molecule has 0 radical (unpaired) electrons. The van der Waals surface area contributed by atoms with Crippen molar-refractivity contribution in [1.82, 2.24) is 87.7 Å².